The van der Waals surface area contributed by atoms with Crippen molar-refractivity contribution in [2.24, 2.45) is 0 Å². The third-order valence-electron chi connectivity index (χ3n) is 7.82. The van der Waals surface area contributed by atoms with Crippen molar-refractivity contribution in [3.05, 3.63) is 84.9 Å². The Bertz CT molecular complexity index is 1820. The van der Waals surface area contributed by atoms with Crippen LogP contribution in [0.4, 0.5) is 0 Å². The van der Waals surface area contributed by atoms with Crippen LogP contribution in [0.25, 0.3) is 54.6 Å². The Morgan fingerprint density at radius 2 is 0.643 bits per heavy atom. The molecule has 0 N–H and O–H groups in total. The number of fused-ring (bicyclic) bond motifs is 3. The average Bonchev–Trinajstić information content (AvgIpc) is 3.05. The van der Waals surface area contributed by atoms with Crippen LogP contribution in [-0.4, -0.2) is 42.7 Å². The number of rotatable bonds is 8. The minimum Gasteiger partial charge on any atom is -0.493 e. The number of methoxy groups -OCH3 is 6. The third kappa shape index (κ3) is 4.02. The summed E-state index contributed by atoms with van der Waals surface area (Å²) < 4.78 is 36.2. The minimum absolute atomic E-state index is 0.567. The molecule has 0 aliphatic carbocycles. The molecule has 6 aromatic rings. The number of benzene rings is 6. The van der Waals surface area contributed by atoms with Gasteiger partial charge in [-0.15, -0.1) is 0 Å². The normalized spacial score (nSPS) is 11.1. The average molecular weight is 561 g/mol. The van der Waals surface area contributed by atoms with Gasteiger partial charge in [0.15, 0.2) is 34.5 Å². The first-order chi connectivity index (χ1) is 20.6. The predicted octanol–water partition coefficient (Wildman–Crippen LogP) is 8.53. The van der Waals surface area contributed by atoms with E-state index < -0.39 is 0 Å². The molecular formula is C36H32O6. The molecule has 42 heavy (non-hydrogen) atoms. The number of hydrogen-bond donors (Lipinski definition) is 0. The maximum atomic E-state index is 6.26. The molecule has 6 heteroatoms. The molecule has 0 unspecified atom stereocenters. The predicted molar refractivity (Wildman–Crippen MR) is 169 cm³/mol. The summed E-state index contributed by atoms with van der Waals surface area (Å²) in [5.74, 6) is 3.60. The molecule has 0 aliphatic heterocycles. The Hall–Kier alpha value is -5.10. The SMILES string of the molecule is COc1cc2ccccc2c(-c2c(OC)c(OC)c(-c3c(OC)c(OC)cc4ccccc34)c3ccccc23)c1OC. The van der Waals surface area contributed by atoms with Crippen LogP contribution in [0.2, 0.25) is 0 Å². The molecule has 0 aliphatic rings. The third-order valence-corrected chi connectivity index (χ3v) is 7.82. The molecule has 0 spiro atoms. The molecule has 0 radical (unpaired) electrons. The largest absolute Gasteiger partial charge is 0.493 e. The van der Waals surface area contributed by atoms with Crippen LogP contribution in [-0.2, 0) is 0 Å². The van der Waals surface area contributed by atoms with Crippen LogP contribution in [0.5, 0.6) is 34.5 Å². The second-order valence-corrected chi connectivity index (χ2v) is 9.78. The van der Waals surface area contributed by atoms with Gasteiger partial charge in [-0.3, -0.25) is 0 Å². The van der Waals surface area contributed by atoms with E-state index in [9.17, 15) is 0 Å². The molecule has 6 nitrogen and oxygen atoms in total. The van der Waals surface area contributed by atoms with Gasteiger partial charge in [0.1, 0.15) is 0 Å². The van der Waals surface area contributed by atoms with Gasteiger partial charge >= 0.3 is 0 Å². The maximum Gasteiger partial charge on any atom is 0.169 e. The van der Waals surface area contributed by atoms with Gasteiger partial charge in [-0.1, -0.05) is 72.8 Å². The number of hydrogen-bond acceptors (Lipinski definition) is 6. The molecule has 0 saturated heterocycles. The fraction of sp³-hybridized carbons (Fsp3) is 0.167. The van der Waals surface area contributed by atoms with E-state index in [-0.39, 0.29) is 0 Å². The summed E-state index contributed by atoms with van der Waals surface area (Å²) in [6.07, 6.45) is 0. The van der Waals surface area contributed by atoms with Crippen molar-refractivity contribution in [3.8, 4) is 56.8 Å². The minimum atomic E-state index is 0.567. The lowest BCUT2D eigenvalue weighted by atomic mass is 9.86. The van der Waals surface area contributed by atoms with E-state index in [0.29, 0.717) is 34.5 Å². The zero-order valence-corrected chi connectivity index (χ0v) is 24.5. The van der Waals surface area contributed by atoms with E-state index in [2.05, 4.69) is 36.4 Å². The Morgan fingerprint density at radius 3 is 0.976 bits per heavy atom. The smallest absolute Gasteiger partial charge is 0.169 e. The zero-order chi connectivity index (χ0) is 29.4. The van der Waals surface area contributed by atoms with Gasteiger partial charge in [-0.25, -0.2) is 0 Å². The van der Waals surface area contributed by atoms with Crippen LogP contribution in [0.15, 0.2) is 84.9 Å². The fourth-order valence-corrected chi connectivity index (χ4v) is 6.09. The van der Waals surface area contributed by atoms with Crippen LogP contribution in [0, 0.1) is 0 Å². The molecule has 0 fully saturated rings. The Kier molecular flexibility index (Phi) is 7.13. The first-order valence-electron chi connectivity index (χ1n) is 13.6. The molecule has 0 saturated carbocycles. The molecule has 0 amide bonds. The summed E-state index contributed by atoms with van der Waals surface area (Å²) in [5, 5.41) is 5.93. The summed E-state index contributed by atoms with van der Waals surface area (Å²) in [4.78, 5) is 0. The van der Waals surface area contributed by atoms with E-state index in [1.165, 1.54) is 0 Å². The first kappa shape index (κ1) is 27.1. The van der Waals surface area contributed by atoms with Crippen molar-refractivity contribution >= 4 is 32.3 Å². The lowest BCUT2D eigenvalue weighted by Crippen LogP contribution is -2.02. The second-order valence-electron chi connectivity index (χ2n) is 9.78. The lowest BCUT2D eigenvalue weighted by Gasteiger charge is -2.25. The summed E-state index contributed by atoms with van der Waals surface area (Å²) in [6, 6.07) is 28.6. The topological polar surface area (TPSA) is 55.4 Å². The summed E-state index contributed by atoms with van der Waals surface area (Å²) in [7, 11) is 9.93. The highest BCUT2D eigenvalue weighted by Gasteiger charge is 2.30. The lowest BCUT2D eigenvalue weighted by molar-refractivity contribution is 0.352. The van der Waals surface area contributed by atoms with Crippen LogP contribution >= 0.6 is 0 Å². The summed E-state index contributed by atoms with van der Waals surface area (Å²) in [5.41, 5.74) is 3.39. The van der Waals surface area contributed by atoms with Gasteiger partial charge in [0.25, 0.3) is 0 Å². The highest BCUT2D eigenvalue weighted by molar-refractivity contribution is 6.19. The van der Waals surface area contributed by atoms with Gasteiger partial charge in [0.2, 0.25) is 0 Å². The highest BCUT2D eigenvalue weighted by Crippen LogP contribution is 2.58. The van der Waals surface area contributed by atoms with Crippen molar-refractivity contribution in [2.75, 3.05) is 42.7 Å². The monoisotopic (exact) mass is 560 g/mol. The van der Waals surface area contributed by atoms with Gasteiger partial charge < -0.3 is 28.4 Å². The van der Waals surface area contributed by atoms with Crippen molar-refractivity contribution < 1.29 is 28.4 Å². The van der Waals surface area contributed by atoms with E-state index in [1.807, 2.05) is 48.5 Å². The standard InChI is InChI=1S/C36H32O6/c1-37-27-19-21-13-7-9-15-23(21)29(33(27)39-3)31-25-17-11-12-18-26(25)32(36(42-6)35(31)41-5)30-24-16-10-8-14-22(24)20-28(38-2)34(30)40-4/h7-20H,1-6H3. The molecule has 6 rings (SSSR count). The molecule has 6 aromatic carbocycles. The van der Waals surface area contributed by atoms with Gasteiger partial charge in [0, 0.05) is 22.3 Å². The highest BCUT2D eigenvalue weighted by atomic mass is 16.5. The Labute approximate surface area is 244 Å². The van der Waals surface area contributed by atoms with Gasteiger partial charge in [-0.05, 0) is 44.5 Å². The van der Waals surface area contributed by atoms with E-state index in [4.69, 9.17) is 28.4 Å². The number of ether oxygens (including phenoxy) is 6. The maximum absolute atomic E-state index is 6.26. The Morgan fingerprint density at radius 1 is 0.333 bits per heavy atom. The fourth-order valence-electron chi connectivity index (χ4n) is 6.09. The van der Waals surface area contributed by atoms with E-state index in [0.717, 1.165) is 54.6 Å². The molecule has 0 heterocycles. The second kappa shape index (κ2) is 11.1. The van der Waals surface area contributed by atoms with E-state index >= 15 is 0 Å². The van der Waals surface area contributed by atoms with Crippen LogP contribution < -0.4 is 28.4 Å². The molecule has 212 valence electrons. The quantitative estimate of drug-likeness (QED) is 0.186. The molecule has 0 atom stereocenters. The van der Waals surface area contributed by atoms with Crippen LogP contribution in [0.3, 0.4) is 0 Å². The van der Waals surface area contributed by atoms with Crippen molar-refractivity contribution in [2.45, 2.75) is 0 Å². The zero-order valence-electron chi connectivity index (χ0n) is 24.5. The molecular weight excluding hydrogens is 528 g/mol. The first-order valence-corrected chi connectivity index (χ1v) is 13.6. The van der Waals surface area contributed by atoms with E-state index in [1.54, 1.807) is 42.7 Å². The van der Waals surface area contributed by atoms with Crippen molar-refractivity contribution in [1.29, 1.82) is 0 Å². The summed E-state index contributed by atoms with van der Waals surface area (Å²) in [6.45, 7) is 0. The molecule has 0 bridgehead atoms. The van der Waals surface area contributed by atoms with Gasteiger partial charge in [0.05, 0.1) is 42.7 Å². The van der Waals surface area contributed by atoms with Crippen molar-refractivity contribution in [1.82, 2.24) is 0 Å². The molecule has 0 aromatic heterocycles. The van der Waals surface area contributed by atoms with Crippen molar-refractivity contribution in [3.63, 3.8) is 0 Å². The Balaban J connectivity index is 1.88. The van der Waals surface area contributed by atoms with Crippen LogP contribution in [0.1, 0.15) is 0 Å². The summed E-state index contributed by atoms with van der Waals surface area (Å²) >= 11 is 0. The van der Waals surface area contributed by atoms with Gasteiger partial charge in [-0.2, -0.15) is 0 Å².